The van der Waals surface area contributed by atoms with Crippen molar-refractivity contribution in [1.82, 2.24) is 4.98 Å². The summed E-state index contributed by atoms with van der Waals surface area (Å²) in [6.07, 6.45) is 2.30. The third-order valence-corrected chi connectivity index (χ3v) is 1.64. The molecule has 0 bridgehead atoms. The first-order chi connectivity index (χ1) is 6.74. The molecule has 0 spiro atoms. The Morgan fingerprint density at radius 3 is 2.86 bits per heavy atom. The van der Waals surface area contributed by atoms with E-state index in [1.165, 1.54) is 12.3 Å². The van der Waals surface area contributed by atoms with Gasteiger partial charge in [0.25, 0.3) is 0 Å². The van der Waals surface area contributed by atoms with Crippen LogP contribution in [0, 0.1) is 10.1 Å². The first kappa shape index (κ1) is 10.4. The Morgan fingerprint density at radius 2 is 2.36 bits per heavy atom. The maximum atomic E-state index is 10.3. The maximum absolute atomic E-state index is 10.3. The predicted molar refractivity (Wildman–Crippen MR) is 53.1 cm³/mol. The lowest BCUT2D eigenvalue weighted by Crippen LogP contribution is -2.08. The van der Waals surface area contributed by atoms with Gasteiger partial charge in [0.1, 0.15) is 0 Å². The van der Waals surface area contributed by atoms with E-state index in [4.69, 9.17) is 5.73 Å². The number of aromatic nitrogens is 1. The van der Waals surface area contributed by atoms with Crippen molar-refractivity contribution < 1.29 is 4.92 Å². The van der Waals surface area contributed by atoms with Gasteiger partial charge in [-0.3, -0.25) is 0 Å². The zero-order valence-electron chi connectivity index (χ0n) is 7.64. The van der Waals surface area contributed by atoms with E-state index in [1.54, 1.807) is 6.07 Å². The zero-order valence-corrected chi connectivity index (χ0v) is 7.64. The number of hydrogen-bond acceptors (Lipinski definition) is 5. The van der Waals surface area contributed by atoms with Gasteiger partial charge < -0.3 is 21.2 Å². The number of nitrogens with zero attached hydrogens (tertiary/aromatic N) is 2. The summed E-state index contributed by atoms with van der Waals surface area (Å²) < 4.78 is 0. The van der Waals surface area contributed by atoms with Crippen molar-refractivity contribution in [3.63, 3.8) is 0 Å². The van der Waals surface area contributed by atoms with E-state index >= 15 is 0 Å². The second kappa shape index (κ2) is 5.13. The Kier molecular flexibility index (Phi) is 3.81. The van der Waals surface area contributed by atoms with Gasteiger partial charge in [-0.2, -0.15) is 0 Å². The van der Waals surface area contributed by atoms with Crippen LogP contribution >= 0.6 is 0 Å². The molecule has 6 heteroatoms. The average Bonchev–Trinajstić information content (AvgIpc) is 2.19. The molecule has 0 aliphatic rings. The molecule has 0 aromatic carbocycles. The highest BCUT2D eigenvalue weighted by molar-refractivity contribution is 5.43. The smallest absolute Gasteiger partial charge is 0.363 e. The molecule has 14 heavy (non-hydrogen) atoms. The minimum Gasteiger partial charge on any atom is -0.382 e. The molecule has 1 aromatic heterocycles. The van der Waals surface area contributed by atoms with Crippen molar-refractivity contribution in [2.24, 2.45) is 5.73 Å². The summed E-state index contributed by atoms with van der Waals surface area (Å²) in [5, 5.41) is 13.3. The summed E-state index contributed by atoms with van der Waals surface area (Å²) in [4.78, 5) is 13.4. The number of anilines is 1. The Morgan fingerprint density at radius 1 is 1.57 bits per heavy atom. The second-order valence-corrected chi connectivity index (χ2v) is 2.73. The Labute approximate surface area is 81.3 Å². The van der Waals surface area contributed by atoms with E-state index in [0.29, 0.717) is 6.54 Å². The van der Waals surface area contributed by atoms with Gasteiger partial charge in [0.2, 0.25) is 0 Å². The quantitative estimate of drug-likeness (QED) is 0.411. The van der Waals surface area contributed by atoms with Crippen molar-refractivity contribution >= 4 is 11.5 Å². The number of nitro groups is 1. The van der Waals surface area contributed by atoms with Gasteiger partial charge in [0.15, 0.2) is 6.20 Å². The van der Waals surface area contributed by atoms with E-state index in [2.05, 4.69) is 10.3 Å². The Balaban J connectivity index is 2.51. The third kappa shape index (κ3) is 2.98. The van der Waals surface area contributed by atoms with Gasteiger partial charge >= 0.3 is 5.82 Å². The van der Waals surface area contributed by atoms with Gasteiger partial charge in [0, 0.05) is 12.6 Å². The van der Waals surface area contributed by atoms with Crippen LogP contribution in [0.5, 0.6) is 0 Å². The van der Waals surface area contributed by atoms with Crippen molar-refractivity contribution in [1.29, 1.82) is 0 Å². The van der Waals surface area contributed by atoms with Crippen LogP contribution in [0.4, 0.5) is 11.5 Å². The third-order valence-electron chi connectivity index (χ3n) is 1.64. The van der Waals surface area contributed by atoms with Crippen LogP contribution in [-0.2, 0) is 0 Å². The number of nitrogens with two attached hydrogens (primary N) is 1. The van der Waals surface area contributed by atoms with Crippen LogP contribution in [-0.4, -0.2) is 23.0 Å². The minimum absolute atomic E-state index is 0.144. The molecule has 1 aromatic rings. The molecule has 76 valence electrons. The van der Waals surface area contributed by atoms with Gasteiger partial charge in [0.05, 0.1) is 5.69 Å². The molecule has 1 rings (SSSR count). The zero-order chi connectivity index (χ0) is 10.4. The molecule has 6 nitrogen and oxygen atoms in total. The lowest BCUT2D eigenvalue weighted by molar-refractivity contribution is -0.389. The fraction of sp³-hybridized carbons (Fsp3) is 0.375. The summed E-state index contributed by atoms with van der Waals surface area (Å²) in [5.41, 5.74) is 6.08. The monoisotopic (exact) mass is 196 g/mol. The molecular formula is C8H12N4O2. The summed E-state index contributed by atoms with van der Waals surface area (Å²) in [7, 11) is 0. The largest absolute Gasteiger partial charge is 0.382 e. The molecule has 0 unspecified atom stereocenters. The lowest BCUT2D eigenvalue weighted by Gasteiger charge is -2.02. The second-order valence-electron chi connectivity index (χ2n) is 2.73. The standard InChI is InChI=1S/C8H12N4O2/c9-4-1-5-10-7-2-3-8(11-6-7)12(13)14/h2-3,6,10H,1,4-5,9H2. The molecule has 0 radical (unpaired) electrons. The SMILES string of the molecule is NCCCNc1ccc([N+](=O)[O-])nc1. The van der Waals surface area contributed by atoms with E-state index in [9.17, 15) is 10.1 Å². The first-order valence-electron chi connectivity index (χ1n) is 4.28. The molecule has 0 saturated carbocycles. The predicted octanol–water partition coefficient (Wildman–Crippen LogP) is 0.750. The summed E-state index contributed by atoms with van der Waals surface area (Å²) in [6.45, 7) is 1.36. The van der Waals surface area contributed by atoms with E-state index in [-0.39, 0.29) is 5.82 Å². The van der Waals surface area contributed by atoms with Crippen molar-refractivity contribution in [3.8, 4) is 0 Å². The molecule has 0 atom stereocenters. The number of pyridine rings is 1. The topological polar surface area (TPSA) is 94.1 Å². The molecule has 0 aliphatic carbocycles. The highest BCUT2D eigenvalue weighted by Crippen LogP contribution is 2.10. The summed E-state index contributed by atoms with van der Waals surface area (Å²) >= 11 is 0. The molecule has 0 amide bonds. The van der Waals surface area contributed by atoms with Crippen LogP contribution in [0.25, 0.3) is 0 Å². The van der Waals surface area contributed by atoms with Crippen LogP contribution in [0.3, 0.4) is 0 Å². The van der Waals surface area contributed by atoms with Crippen molar-refractivity contribution in [2.45, 2.75) is 6.42 Å². The fourth-order valence-electron chi connectivity index (χ4n) is 0.933. The Hall–Kier alpha value is -1.69. The lowest BCUT2D eigenvalue weighted by atomic mass is 10.3. The van der Waals surface area contributed by atoms with Gasteiger partial charge in [-0.1, -0.05) is 0 Å². The van der Waals surface area contributed by atoms with Crippen molar-refractivity contribution in [2.75, 3.05) is 18.4 Å². The molecule has 3 N–H and O–H groups in total. The first-order valence-corrected chi connectivity index (χ1v) is 4.28. The average molecular weight is 196 g/mol. The number of nitrogens with one attached hydrogen (secondary N) is 1. The fourth-order valence-corrected chi connectivity index (χ4v) is 0.933. The van der Waals surface area contributed by atoms with Gasteiger partial charge in [-0.15, -0.1) is 0 Å². The normalized spacial score (nSPS) is 9.79. The molecule has 1 heterocycles. The minimum atomic E-state index is -0.524. The molecule has 0 fully saturated rings. The molecule has 0 saturated heterocycles. The summed E-state index contributed by atoms with van der Waals surface area (Å²) in [6, 6.07) is 2.99. The highest BCUT2D eigenvalue weighted by atomic mass is 16.6. The van der Waals surface area contributed by atoms with Crippen LogP contribution < -0.4 is 11.1 Å². The molecular weight excluding hydrogens is 184 g/mol. The van der Waals surface area contributed by atoms with Crippen molar-refractivity contribution in [3.05, 3.63) is 28.4 Å². The van der Waals surface area contributed by atoms with E-state index in [1.807, 2.05) is 0 Å². The van der Waals surface area contributed by atoms with Crippen LogP contribution in [0.15, 0.2) is 18.3 Å². The Bertz CT molecular complexity index is 299. The summed E-state index contributed by atoms with van der Waals surface area (Å²) in [5.74, 6) is -0.144. The van der Waals surface area contributed by atoms with Crippen LogP contribution in [0.1, 0.15) is 6.42 Å². The van der Waals surface area contributed by atoms with E-state index in [0.717, 1.165) is 18.7 Å². The van der Waals surface area contributed by atoms with E-state index < -0.39 is 4.92 Å². The van der Waals surface area contributed by atoms with Gasteiger partial charge in [-0.25, -0.2) is 0 Å². The van der Waals surface area contributed by atoms with Crippen LogP contribution in [0.2, 0.25) is 0 Å². The van der Waals surface area contributed by atoms with Gasteiger partial charge in [-0.05, 0) is 28.9 Å². The number of hydrogen-bond donors (Lipinski definition) is 2. The highest BCUT2D eigenvalue weighted by Gasteiger charge is 2.04. The maximum Gasteiger partial charge on any atom is 0.363 e. The molecule has 0 aliphatic heterocycles. The number of rotatable bonds is 5.